The molecule has 1 atom stereocenters. The maximum absolute atomic E-state index is 11.6. The maximum Gasteiger partial charge on any atom is 0.220 e. The van der Waals surface area contributed by atoms with E-state index < -0.39 is 5.25 Å². The Balaban J connectivity index is 1.65. The lowest BCUT2D eigenvalue weighted by Gasteiger charge is -2.18. The molecule has 0 aliphatic rings. The molecular weight excluding hydrogens is 528 g/mol. The summed E-state index contributed by atoms with van der Waals surface area (Å²) in [6.07, 6.45) is 0. The number of benzene rings is 3. The van der Waals surface area contributed by atoms with Gasteiger partial charge in [0.2, 0.25) is 6.54 Å². The Morgan fingerprint density at radius 3 is 2.49 bits per heavy atom. The van der Waals surface area contributed by atoms with Crippen LogP contribution < -0.4 is 4.74 Å². The number of rotatable bonds is 9. The lowest BCUT2D eigenvalue weighted by atomic mass is 10.1. The molecule has 7 nitrogen and oxygen atoms in total. The van der Waals surface area contributed by atoms with E-state index >= 15 is 0 Å². The number of halogens is 1. The third-order valence-electron chi connectivity index (χ3n) is 5.68. The van der Waals surface area contributed by atoms with Gasteiger partial charge in [0, 0.05) is 20.6 Å². The molecule has 0 saturated heterocycles. The summed E-state index contributed by atoms with van der Waals surface area (Å²) in [4.78, 5) is 11.3. The zero-order valence-electron chi connectivity index (χ0n) is 19.6. The van der Waals surface area contributed by atoms with E-state index in [2.05, 4.69) is 52.1 Å². The van der Waals surface area contributed by atoms with Gasteiger partial charge in [0.05, 0.1) is 0 Å². The van der Waals surface area contributed by atoms with Gasteiger partial charge in [0.15, 0.2) is 5.16 Å². The van der Waals surface area contributed by atoms with Crippen molar-refractivity contribution in [2.75, 3.05) is 6.54 Å². The van der Waals surface area contributed by atoms with Crippen molar-refractivity contribution >= 4 is 27.7 Å². The van der Waals surface area contributed by atoms with Crippen LogP contribution in [0.5, 0.6) is 5.75 Å². The molecule has 0 N–H and O–H groups in total. The molecule has 1 aromatic heterocycles. The van der Waals surface area contributed by atoms with Gasteiger partial charge in [-0.15, -0.1) is 10.2 Å². The van der Waals surface area contributed by atoms with Crippen molar-refractivity contribution in [3.05, 3.63) is 109 Å². The first kappa shape index (κ1) is 24.9. The fourth-order valence-corrected chi connectivity index (χ4v) is 5.13. The minimum absolute atomic E-state index is 0.276. The van der Waals surface area contributed by atoms with Gasteiger partial charge < -0.3 is 4.74 Å². The highest BCUT2D eigenvalue weighted by Gasteiger charge is 2.26. The van der Waals surface area contributed by atoms with Crippen LogP contribution in [0.1, 0.15) is 33.3 Å². The quantitative estimate of drug-likeness (QED) is 0.131. The number of hydrogen-bond donors (Lipinski definition) is 0. The Morgan fingerprint density at radius 2 is 1.77 bits per heavy atom. The van der Waals surface area contributed by atoms with Gasteiger partial charge in [-0.05, 0) is 67.8 Å². The number of hydrogen-bond acceptors (Lipinski definition) is 6. The number of aryl methyl sites for hydroxylation is 3. The second-order valence-electron chi connectivity index (χ2n) is 8.21. The number of aromatic nitrogens is 3. The van der Waals surface area contributed by atoms with Crippen LogP contribution in [0.15, 0.2) is 76.4 Å². The first-order valence-corrected chi connectivity index (χ1v) is 12.7. The minimum Gasteiger partial charge on any atom is -0.489 e. The lowest BCUT2D eigenvalue weighted by Crippen LogP contribution is -2.12. The van der Waals surface area contributed by atoms with Crippen LogP contribution in [-0.4, -0.2) is 26.2 Å². The van der Waals surface area contributed by atoms with Gasteiger partial charge in [-0.25, -0.2) is 0 Å². The summed E-state index contributed by atoms with van der Waals surface area (Å²) in [6, 6.07) is 21.5. The van der Waals surface area contributed by atoms with E-state index in [1.807, 2.05) is 66.1 Å². The summed E-state index contributed by atoms with van der Waals surface area (Å²) in [6.45, 7) is 6.08. The molecule has 0 radical (unpaired) electrons. The molecule has 0 aliphatic carbocycles. The average molecular weight is 553 g/mol. The number of para-hydroxylation sites is 1. The van der Waals surface area contributed by atoms with Gasteiger partial charge in [-0.1, -0.05) is 64.1 Å². The van der Waals surface area contributed by atoms with Crippen molar-refractivity contribution in [1.29, 1.82) is 0 Å². The molecule has 9 heteroatoms. The second-order valence-corrected chi connectivity index (χ2v) is 10.3. The summed E-state index contributed by atoms with van der Waals surface area (Å²) < 4.78 is 9.05. The summed E-state index contributed by atoms with van der Waals surface area (Å²) in [5.74, 6) is 1.33. The Labute approximate surface area is 216 Å². The zero-order chi connectivity index (χ0) is 24.9. The molecule has 1 heterocycles. The topological polar surface area (TPSA) is 83.1 Å². The van der Waals surface area contributed by atoms with Crippen molar-refractivity contribution < 1.29 is 9.66 Å². The summed E-state index contributed by atoms with van der Waals surface area (Å²) in [5, 5.41) is 20.3. The number of nitrogens with zero attached hydrogens (tertiary/aromatic N) is 4. The molecule has 0 saturated carbocycles. The Morgan fingerprint density at radius 1 is 1.03 bits per heavy atom. The Hall–Kier alpha value is -3.17. The predicted octanol–water partition coefficient (Wildman–Crippen LogP) is 6.64. The van der Waals surface area contributed by atoms with Gasteiger partial charge >= 0.3 is 0 Å². The zero-order valence-corrected chi connectivity index (χ0v) is 22.0. The number of nitro groups is 1. The van der Waals surface area contributed by atoms with Crippen LogP contribution in [0, 0.1) is 30.9 Å². The van der Waals surface area contributed by atoms with Gasteiger partial charge in [0.25, 0.3) is 0 Å². The molecule has 0 bridgehead atoms. The molecular formula is C26H25BrN4O3S. The first-order valence-electron chi connectivity index (χ1n) is 11.1. The Kier molecular flexibility index (Phi) is 7.87. The van der Waals surface area contributed by atoms with Crippen molar-refractivity contribution in [3.63, 3.8) is 0 Å². The molecule has 0 amide bonds. The SMILES string of the molecule is Cc1ccc(-n2c(C)nnc2S[C@@H](C[N+](=O)[O-])c2ccccc2OCc2ccc(Br)cc2)cc1C. The van der Waals surface area contributed by atoms with Crippen molar-refractivity contribution in [2.24, 2.45) is 0 Å². The average Bonchev–Trinajstić information content (AvgIpc) is 3.20. The number of ether oxygens (including phenoxy) is 1. The third kappa shape index (κ3) is 6.10. The lowest BCUT2D eigenvalue weighted by molar-refractivity contribution is -0.479. The summed E-state index contributed by atoms with van der Waals surface area (Å²) in [5.41, 5.74) is 5.03. The molecule has 35 heavy (non-hydrogen) atoms. The van der Waals surface area contributed by atoms with E-state index in [0.29, 0.717) is 17.5 Å². The second kappa shape index (κ2) is 11.0. The minimum atomic E-state index is -0.514. The normalized spacial score (nSPS) is 11.9. The van der Waals surface area contributed by atoms with Gasteiger partial charge in [-0.3, -0.25) is 14.7 Å². The first-order chi connectivity index (χ1) is 16.8. The van der Waals surface area contributed by atoms with Crippen LogP contribution in [0.3, 0.4) is 0 Å². The molecule has 0 spiro atoms. The van der Waals surface area contributed by atoms with Crippen LogP contribution in [0.4, 0.5) is 0 Å². The van der Waals surface area contributed by atoms with E-state index in [9.17, 15) is 10.1 Å². The highest BCUT2D eigenvalue weighted by atomic mass is 79.9. The molecule has 4 aromatic rings. The van der Waals surface area contributed by atoms with Gasteiger partial charge in [0.1, 0.15) is 23.4 Å². The van der Waals surface area contributed by atoms with Crippen LogP contribution in [0.25, 0.3) is 5.69 Å². The summed E-state index contributed by atoms with van der Waals surface area (Å²) >= 11 is 4.76. The van der Waals surface area contributed by atoms with E-state index in [0.717, 1.165) is 32.7 Å². The van der Waals surface area contributed by atoms with E-state index in [1.165, 1.54) is 17.3 Å². The largest absolute Gasteiger partial charge is 0.489 e. The Bertz CT molecular complexity index is 1340. The maximum atomic E-state index is 11.6. The molecule has 0 unspecified atom stereocenters. The molecule has 3 aromatic carbocycles. The monoisotopic (exact) mass is 552 g/mol. The van der Waals surface area contributed by atoms with Crippen molar-refractivity contribution in [3.8, 4) is 11.4 Å². The van der Waals surface area contributed by atoms with E-state index in [4.69, 9.17) is 4.74 Å². The summed E-state index contributed by atoms with van der Waals surface area (Å²) in [7, 11) is 0. The van der Waals surface area contributed by atoms with Crippen LogP contribution in [-0.2, 0) is 6.61 Å². The van der Waals surface area contributed by atoms with E-state index in [1.54, 1.807) is 0 Å². The highest BCUT2D eigenvalue weighted by Crippen LogP contribution is 2.40. The fraction of sp³-hybridized carbons (Fsp3) is 0.231. The highest BCUT2D eigenvalue weighted by molar-refractivity contribution is 9.10. The van der Waals surface area contributed by atoms with E-state index in [-0.39, 0.29) is 11.5 Å². The number of thioether (sulfide) groups is 1. The van der Waals surface area contributed by atoms with Crippen LogP contribution in [0.2, 0.25) is 0 Å². The van der Waals surface area contributed by atoms with Crippen molar-refractivity contribution in [1.82, 2.24) is 14.8 Å². The standard InChI is InChI=1S/C26H25BrN4O3S/c1-17-8-13-22(14-18(17)2)31-19(3)28-29-26(31)35-25(15-30(32)33)23-6-4-5-7-24(23)34-16-20-9-11-21(27)12-10-20/h4-14,25H,15-16H2,1-3H3/t25-/m0/s1. The molecule has 0 aliphatic heterocycles. The van der Waals surface area contributed by atoms with Gasteiger partial charge in [-0.2, -0.15) is 0 Å². The molecule has 180 valence electrons. The molecule has 4 rings (SSSR count). The molecule has 0 fully saturated rings. The fourth-order valence-electron chi connectivity index (χ4n) is 3.66. The third-order valence-corrected chi connectivity index (χ3v) is 7.37. The van der Waals surface area contributed by atoms with Crippen molar-refractivity contribution in [2.45, 2.75) is 37.8 Å². The van der Waals surface area contributed by atoms with Crippen LogP contribution >= 0.6 is 27.7 Å². The smallest absolute Gasteiger partial charge is 0.220 e. The predicted molar refractivity (Wildman–Crippen MR) is 141 cm³/mol.